The van der Waals surface area contributed by atoms with Crippen LogP contribution in [0.4, 0.5) is 10.3 Å². The largest absolute Gasteiger partial charge is 0.356 e. The Morgan fingerprint density at radius 3 is 2.47 bits per heavy atom. The van der Waals surface area contributed by atoms with Crippen LogP contribution in [0.15, 0.2) is 52.6 Å². The van der Waals surface area contributed by atoms with Crippen LogP contribution in [0, 0.1) is 5.82 Å². The highest BCUT2D eigenvalue weighted by atomic mass is 32.2. The van der Waals surface area contributed by atoms with E-state index in [2.05, 4.69) is 35.4 Å². The van der Waals surface area contributed by atoms with E-state index in [1.54, 1.807) is 31.2 Å². The van der Waals surface area contributed by atoms with Gasteiger partial charge in [-0.05, 0) is 42.5 Å². The number of aromatic nitrogens is 2. The van der Waals surface area contributed by atoms with Gasteiger partial charge in [0.15, 0.2) is 5.96 Å². The van der Waals surface area contributed by atoms with Crippen molar-refractivity contribution < 1.29 is 4.39 Å². The van der Waals surface area contributed by atoms with Gasteiger partial charge in [-0.3, -0.25) is 9.89 Å². The van der Waals surface area contributed by atoms with Crippen molar-refractivity contribution in [1.29, 1.82) is 0 Å². The maximum Gasteiger partial charge on any atom is 0.225 e. The van der Waals surface area contributed by atoms with Crippen molar-refractivity contribution in [3.05, 3.63) is 48.5 Å². The first kappa shape index (κ1) is 22.3. The zero-order valence-corrected chi connectivity index (χ0v) is 18.2. The van der Waals surface area contributed by atoms with Gasteiger partial charge in [0, 0.05) is 70.2 Å². The van der Waals surface area contributed by atoms with Gasteiger partial charge in [-0.15, -0.1) is 11.8 Å². The van der Waals surface area contributed by atoms with Gasteiger partial charge in [0.05, 0.1) is 0 Å². The predicted molar refractivity (Wildman–Crippen MR) is 122 cm³/mol. The molecule has 3 rings (SSSR count). The zero-order valence-electron chi connectivity index (χ0n) is 17.4. The quantitative estimate of drug-likeness (QED) is 0.273. The van der Waals surface area contributed by atoms with Crippen LogP contribution in [0.3, 0.4) is 0 Å². The smallest absolute Gasteiger partial charge is 0.225 e. The van der Waals surface area contributed by atoms with Crippen molar-refractivity contribution >= 4 is 23.7 Å². The molecular weight excluding hydrogens is 401 g/mol. The van der Waals surface area contributed by atoms with E-state index in [0.29, 0.717) is 0 Å². The van der Waals surface area contributed by atoms with Gasteiger partial charge >= 0.3 is 0 Å². The zero-order chi connectivity index (χ0) is 21.0. The molecule has 0 spiro atoms. The summed E-state index contributed by atoms with van der Waals surface area (Å²) in [4.78, 5) is 18.7. The van der Waals surface area contributed by atoms with E-state index in [-0.39, 0.29) is 5.82 Å². The molecule has 0 aliphatic carbocycles. The summed E-state index contributed by atoms with van der Waals surface area (Å²) < 4.78 is 12.9. The summed E-state index contributed by atoms with van der Waals surface area (Å²) in [7, 11) is 1.79. The molecule has 0 radical (unpaired) electrons. The molecule has 2 N–H and O–H groups in total. The van der Waals surface area contributed by atoms with Crippen molar-refractivity contribution in [2.45, 2.75) is 11.3 Å². The third-order valence-electron chi connectivity index (χ3n) is 4.85. The molecule has 0 atom stereocenters. The van der Waals surface area contributed by atoms with Crippen LogP contribution in [0.1, 0.15) is 6.42 Å². The number of anilines is 1. The molecule has 2 aromatic rings. The van der Waals surface area contributed by atoms with E-state index < -0.39 is 0 Å². The predicted octanol–water partition coefficient (Wildman–Crippen LogP) is 2.09. The molecule has 1 aromatic carbocycles. The minimum atomic E-state index is -0.192. The van der Waals surface area contributed by atoms with Crippen LogP contribution in [0.5, 0.6) is 0 Å². The first-order valence-corrected chi connectivity index (χ1v) is 11.3. The molecule has 9 heteroatoms. The molecule has 1 aliphatic heterocycles. The number of nitrogens with zero attached hydrogens (tertiary/aromatic N) is 5. The average Bonchev–Trinajstić information content (AvgIpc) is 2.80. The number of aliphatic imine (C=N–C) groups is 1. The SMILES string of the molecule is CN=C(NCCCSc1ccc(F)cc1)NCCN1CCN(c2ncccn2)CC1. The van der Waals surface area contributed by atoms with Crippen LogP contribution in [0.25, 0.3) is 0 Å². The van der Waals surface area contributed by atoms with E-state index in [4.69, 9.17) is 0 Å². The van der Waals surface area contributed by atoms with Gasteiger partial charge in [-0.2, -0.15) is 0 Å². The second-order valence-electron chi connectivity index (χ2n) is 6.96. The van der Waals surface area contributed by atoms with Crippen LogP contribution in [0.2, 0.25) is 0 Å². The Hall–Kier alpha value is -2.39. The number of rotatable bonds is 9. The summed E-state index contributed by atoms with van der Waals surface area (Å²) in [5.74, 6) is 2.43. The highest BCUT2D eigenvalue weighted by Crippen LogP contribution is 2.18. The van der Waals surface area contributed by atoms with Gasteiger partial charge in [-0.25, -0.2) is 14.4 Å². The summed E-state index contributed by atoms with van der Waals surface area (Å²) >= 11 is 1.74. The number of nitrogens with one attached hydrogen (secondary N) is 2. The molecule has 0 amide bonds. The van der Waals surface area contributed by atoms with Crippen LogP contribution in [-0.4, -0.2) is 79.4 Å². The minimum Gasteiger partial charge on any atom is -0.356 e. The lowest BCUT2D eigenvalue weighted by Gasteiger charge is -2.34. The van der Waals surface area contributed by atoms with Crippen molar-refractivity contribution in [2.75, 3.05) is 63.5 Å². The van der Waals surface area contributed by atoms with E-state index in [1.165, 1.54) is 12.1 Å². The Morgan fingerprint density at radius 2 is 1.77 bits per heavy atom. The van der Waals surface area contributed by atoms with Crippen LogP contribution >= 0.6 is 11.8 Å². The van der Waals surface area contributed by atoms with Crippen LogP contribution < -0.4 is 15.5 Å². The van der Waals surface area contributed by atoms with Gasteiger partial charge in [-0.1, -0.05) is 0 Å². The normalized spacial score (nSPS) is 15.3. The number of thioether (sulfide) groups is 1. The van der Waals surface area contributed by atoms with Crippen molar-refractivity contribution in [2.24, 2.45) is 4.99 Å². The number of hydrogen-bond donors (Lipinski definition) is 2. The first-order valence-electron chi connectivity index (χ1n) is 10.3. The van der Waals surface area contributed by atoms with E-state index in [1.807, 2.05) is 18.2 Å². The Labute approximate surface area is 182 Å². The van der Waals surface area contributed by atoms with E-state index in [9.17, 15) is 4.39 Å². The molecule has 7 nitrogen and oxygen atoms in total. The molecule has 1 aromatic heterocycles. The topological polar surface area (TPSA) is 68.7 Å². The molecular formula is C21H30FN7S. The monoisotopic (exact) mass is 431 g/mol. The average molecular weight is 432 g/mol. The Morgan fingerprint density at radius 1 is 1.07 bits per heavy atom. The lowest BCUT2D eigenvalue weighted by atomic mass is 10.3. The Kier molecular flexibility index (Phi) is 9.17. The fourth-order valence-corrected chi connectivity index (χ4v) is 4.03. The molecule has 0 saturated carbocycles. The number of piperazine rings is 1. The number of hydrogen-bond acceptors (Lipinski definition) is 6. The van der Waals surface area contributed by atoms with Crippen LogP contribution in [-0.2, 0) is 0 Å². The molecule has 2 heterocycles. The van der Waals surface area contributed by atoms with Gasteiger partial charge in [0.1, 0.15) is 5.82 Å². The molecule has 0 unspecified atom stereocenters. The second kappa shape index (κ2) is 12.3. The fraction of sp³-hybridized carbons (Fsp3) is 0.476. The van der Waals surface area contributed by atoms with Gasteiger partial charge < -0.3 is 15.5 Å². The summed E-state index contributed by atoms with van der Waals surface area (Å²) in [5, 5.41) is 6.74. The molecule has 162 valence electrons. The highest BCUT2D eigenvalue weighted by Gasteiger charge is 2.18. The third kappa shape index (κ3) is 7.46. The molecule has 0 bridgehead atoms. The van der Waals surface area contributed by atoms with Crippen molar-refractivity contribution in [3.8, 4) is 0 Å². The summed E-state index contributed by atoms with van der Waals surface area (Å²) in [5.41, 5.74) is 0. The van der Waals surface area contributed by atoms with E-state index in [0.717, 1.165) is 74.8 Å². The standard InChI is InChI=1S/C21H30FN7S/c1-23-20(24-10-3-17-30-19-6-4-18(22)5-7-19)25-11-12-28-13-15-29(16-14-28)21-26-8-2-9-27-21/h2,4-9H,3,10-17H2,1H3,(H2,23,24,25). The summed E-state index contributed by atoms with van der Waals surface area (Å²) in [6.45, 7) is 6.59. The van der Waals surface area contributed by atoms with Gasteiger partial charge in [0.25, 0.3) is 0 Å². The third-order valence-corrected chi connectivity index (χ3v) is 5.95. The van der Waals surface area contributed by atoms with Crippen molar-refractivity contribution in [3.63, 3.8) is 0 Å². The lowest BCUT2D eigenvalue weighted by molar-refractivity contribution is 0.260. The van der Waals surface area contributed by atoms with E-state index >= 15 is 0 Å². The Balaban J connectivity index is 1.24. The number of guanidine groups is 1. The second-order valence-corrected chi connectivity index (χ2v) is 8.13. The molecule has 30 heavy (non-hydrogen) atoms. The fourth-order valence-electron chi connectivity index (χ4n) is 3.18. The number of benzene rings is 1. The lowest BCUT2D eigenvalue weighted by Crippen LogP contribution is -2.49. The maximum atomic E-state index is 12.9. The van der Waals surface area contributed by atoms with Crippen molar-refractivity contribution in [1.82, 2.24) is 25.5 Å². The molecule has 1 aliphatic rings. The molecule has 1 fully saturated rings. The maximum absolute atomic E-state index is 12.9. The Bertz CT molecular complexity index is 765. The summed E-state index contributed by atoms with van der Waals surface area (Å²) in [6.07, 6.45) is 4.59. The number of halogens is 1. The highest BCUT2D eigenvalue weighted by molar-refractivity contribution is 7.99. The summed E-state index contributed by atoms with van der Waals surface area (Å²) in [6, 6.07) is 8.49. The first-order chi connectivity index (χ1) is 14.7. The van der Waals surface area contributed by atoms with Gasteiger partial charge in [0.2, 0.25) is 5.95 Å². The molecule has 1 saturated heterocycles. The minimum absolute atomic E-state index is 0.192.